The Hall–Kier alpha value is -3.26. The van der Waals surface area contributed by atoms with Gasteiger partial charge in [0.2, 0.25) is 0 Å². The van der Waals surface area contributed by atoms with Crippen molar-refractivity contribution in [3.05, 3.63) is 68.5 Å². The van der Waals surface area contributed by atoms with Gasteiger partial charge in [-0.05, 0) is 19.1 Å². The topological polar surface area (TPSA) is 155 Å². The van der Waals surface area contributed by atoms with Crippen LogP contribution in [0.1, 0.15) is 15.9 Å². The Morgan fingerprint density at radius 1 is 1.32 bits per heavy atom. The molecule has 1 aromatic carbocycles. The molecule has 3 rings (SSSR count). The number of nitrogens with one attached hydrogen (secondary N) is 1. The maximum atomic E-state index is 12.1. The molecular weight excluding hydrogens is 370 g/mol. The normalized spacial score (nSPS) is 26.6. The van der Waals surface area contributed by atoms with Gasteiger partial charge in [0.1, 0.15) is 31.0 Å². The minimum atomic E-state index is -2.29. The van der Waals surface area contributed by atoms with E-state index in [-0.39, 0.29) is 5.56 Å². The van der Waals surface area contributed by atoms with Crippen LogP contribution >= 0.6 is 0 Å². The summed E-state index contributed by atoms with van der Waals surface area (Å²) >= 11 is 0. The van der Waals surface area contributed by atoms with Crippen LogP contribution in [-0.4, -0.2) is 50.7 Å². The molecule has 1 aliphatic rings. The lowest BCUT2D eigenvalue weighted by Gasteiger charge is -2.26. The van der Waals surface area contributed by atoms with Crippen LogP contribution in [0.25, 0.3) is 0 Å². The van der Waals surface area contributed by atoms with Gasteiger partial charge in [-0.25, -0.2) is 9.59 Å². The second-order valence-electron chi connectivity index (χ2n) is 6.34. The number of aromatic amines is 1. The molecule has 1 aliphatic heterocycles. The fourth-order valence-corrected chi connectivity index (χ4v) is 2.89. The Kier molecular flexibility index (Phi) is 5.15. The van der Waals surface area contributed by atoms with Crippen LogP contribution in [0.3, 0.4) is 0 Å². The highest BCUT2D eigenvalue weighted by atomic mass is 16.6. The predicted octanol–water partition coefficient (Wildman–Crippen LogP) is -1.00. The summed E-state index contributed by atoms with van der Waals surface area (Å²) in [4.78, 5) is 37.3. The van der Waals surface area contributed by atoms with Crippen LogP contribution in [0.4, 0.5) is 0 Å². The van der Waals surface area contributed by atoms with E-state index in [0.717, 1.165) is 17.8 Å². The van der Waals surface area contributed by atoms with Gasteiger partial charge in [-0.2, -0.15) is 5.26 Å². The molecule has 0 aliphatic carbocycles. The first kappa shape index (κ1) is 19.5. The van der Waals surface area contributed by atoms with E-state index in [2.05, 4.69) is 0 Å². The zero-order valence-corrected chi connectivity index (χ0v) is 14.7. The molecule has 0 amide bonds. The molecule has 4 atom stereocenters. The smallest absolute Gasteiger partial charge is 0.338 e. The first-order valence-electron chi connectivity index (χ1n) is 8.30. The first-order chi connectivity index (χ1) is 13.3. The monoisotopic (exact) mass is 387 g/mol. The molecule has 0 radical (unpaired) electrons. The molecule has 0 unspecified atom stereocenters. The summed E-state index contributed by atoms with van der Waals surface area (Å²) in [7, 11) is 0. The Bertz CT molecular complexity index is 1040. The summed E-state index contributed by atoms with van der Waals surface area (Å²) in [6.07, 6.45) is -3.75. The van der Waals surface area contributed by atoms with Crippen molar-refractivity contribution in [2.24, 2.45) is 0 Å². The molecule has 3 N–H and O–H groups in total. The van der Waals surface area contributed by atoms with Crippen LogP contribution in [0, 0.1) is 18.3 Å². The number of aromatic nitrogens is 2. The van der Waals surface area contributed by atoms with Crippen molar-refractivity contribution >= 4 is 5.97 Å². The van der Waals surface area contributed by atoms with Crippen LogP contribution in [0.2, 0.25) is 0 Å². The molecular formula is C18H17N3O7. The molecule has 1 saturated heterocycles. The first-order valence-corrected chi connectivity index (χ1v) is 8.30. The largest absolute Gasteiger partial charge is 0.459 e. The zero-order chi connectivity index (χ0) is 20.5. The number of nitriles is 1. The van der Waals surface area contributed by atoms with Crippen LogP contribution in [0.15, 0.2) is 46.1 Å². The van der Waals surface area contributed by atoms with Crippen molar-refractivity contribution < 1.29 is 24.5 Å². The average Bonchev–Trinajstić information content (AvgIpc) is 2.92. The third-order valence-electron chi connectivity index (χ3n) is 4.44. The second-order valence-corrected chi connectivity index (χ2v) is 6.34. The number of esters is 1. The van der Waals surface area contributed by atoms with Gasteiger partial charge in [0.05, 0.1) is 5.56 Å². The predicted molar refractivity (Wildman–Crippen MR) is 93.3 cm³/mol. The zero-order valence-electron chi connectivity index (χ0n) is 14.7. The number of hydrogen-bond acceptors (Lipinski definition) is 8. The molecule has 1 aromatic heterocycles. The molecule has 0 spiro atoms. The van der Waals surface area contributed by atoms with Crippen LogP contribution < -0.4 is 11.2 Å². The Balaban J connectivity index is 1.80. The highest BCUT2D eigenvalue weighted by Crippen LogP contribution is 2.34. The third kappa shape index (κ3) is 3.34. The fourth-order valence-electron chi connectivity index (χ4n) is 2.89. The number of aryl methyl sites for hydroxylation is 1. The van der Waals surface area contributed by atoms with Gasteiger partial charge in [0.15, 0.2) is 0 Å². The van der Waals surface area contributed by atoms with E-state index in [1.807, 2.05) is 11.9 Å². The number of ether oxygens (including phenoxy) is 2. The highest BCUT2D eigenvalue weighted by Gasteiger charge is 2.57. The van der Waals surface area contributed by atoms with E-state index >= 15 is 0 Å². The number of benzene rings is 1. The lowest BCUT2D eigenvalue weighted by Crippen LogP contribution is -2.50. The van der Waals surface area contributed by atoms with Gasteiger partial charge in [-0.15, -0.1) is 0 Å². The second kappa shape index (κ2) is 7.40. The van der Waals surface area contributed by atoms with Crippen LogP contribution in [0.5, 0.6) is 0 Å². The number of carbonyl (C=O) groups is 1. The Morgan fingerprint density at radius 2 is 2.00 bits per heavy atom. The van der Waals surface area contributed by atoms with Gasteiger partial charge >= 0.3 is 11.7 Å². The molecule has 1 fully saturated rings. The van der Waals surface area contributed by atoms with Crippen molar-refractivity contribution in [3.63, 3.8) is 0 Å². The van der Waals surface area contributed by atoms with Crippen molar-refractivity contribution in [2.75, 3.05) is 6.61 Å². The molecule has 10 heteroatoms. The van der Waals surface area contributed by atoms with Crippen molar-refractivity contribution in [1.29, 1.82) is 5.26 Å². The minimum Gasteiger partial charge on any atom is -0.459 e. The van der Waals surface area contributed by atoms with Gasteiger partial charge in [-0.1, -0.05) is 17.7 Å². The van der Waals surface area contributed by atoms with Gasteiger partial charge in [0, 0.05) is 12.3 Å². The van der Waals surface area contributed by atoms with E-state index in [0.29, 0.717) is 4.57 Å². The number of rotatable bonds is 4. The van der Waals surface area contributed by atoms with Crippen LogP contribution in [-0.2, 0) is 15.2 Å². The van der Waals surface area contributed by atoms with Gasteiger partial charge in [-0.3, -0.25) is 14.3 Å². The van der Waals surface area contributed by atoms with E-state index in [1.54, 1.807) is 30.3 Å². The summed E-state index contributed by atoms with van der Waals surface area (Å²) in [5, 5.41) is 30.1. The molecule has 146 valence electrons. The Morgan fingerprint density at radius 3 is 2.61 bits per heavy atom. The minimum absolute atomic E-state index is 0.280. The molecule has 2 heterocycles. The summed E-state index contributed by atoms with van der Waals surface area (Å²) in [5.74, 6) is -0.680. The number of aliphatic hydroxyl groups excluding tert-OH is 2. The SMILES string of the molecule is Cc1ccc(C(=O)OC[C@H]2O[C@@](C#N)(n3ccc(=O)[nH]c3=O)[C@H](O)[C@@H]2O)cc1. The number of nitrogens with zero attached hydrogens (tertiary/aromatic N) is 2. The van der Waals surface area contributed by atoms with Crippen molar-refractivity contribution in [1.82, 2.24) is 9.55 Å². The van der Waals surface area contributed by atoms with E-state index in [9.17, 15) is 29.9 Å². The standard InChI is InChI=1S/C18H17N3O7/c1-10-2-4-11(5-3-10)16(25)27-8-12-14(23)15(24)18(9-19,28-12)21-7-6-13(22)20-17(21)26/h2-7,12,14-15,23-24H,8H2,1H3,(H,20,22,26)/t12-,14-,15-,18-/m1/s1. The van der Waals surface area contributed by atoms with Gasteiger partial charge in [0.25, 0.3) is 11.3 Å². The lowest BCUT2D eigenvalue weighted by atomic mass is 10.0. The Labute approximate surface area is 158 Å². The number of hydrogen-bond donors (Lipinski definition) is 3. The summed E-state index contributed by atoms with van der Waals surface area (Å²) in [5.41, 5.74) is -2.76. The van der Waals surface area contributed by atoms with E-state index in [1.165, 1.54) is 0 Å². The third-order valence-corrected chi connectivity index (χ3v) is 4.44. The summed E-state index contributed by atoms with van der Waals surface area (Å²) in [6.45, 7) is 1.39. The van der Waals surface area contributed by atoms with Crippen molar-refractivity contribution in [2.45, 2.75) is 31.0 Å². The maximum absolute atomic E-state index is 12.1. The molecule has 0 bridgehead atoms. The lowest BCUT2D eigenvalue weighted by molar-refractivity contribution is -0.110. The maximum Gasteiger partial charge on any atom is 0.338 e. The molecule has 10 nitrogen and oxygen atoms in total. The number of H-pyrrole nitrogens is 1. The molecule has 2 aromatic rings. The van der Waals surface area contributed by atoms with E-state index < -0.39 is 47.9 Å². The number of aliphatic hydroxyl groups is 2. The molecule has 0 saturated carbocycles. The summed E-state index contributed by atoms with van der Waals surface area (Å²) < 4.78 is 11.2. The molecule has 28 heavy (non-hydrogen) atoms. The van der Waals surface area contributed by atoms with E-state index in [4.69, 9.17) is 9.47 Å². The quantitative estimate of drug-likeness (QED) is 0.564. The summed E-state index contributed by atoms with van der Waals surface area (Å²) in [6, 6.07) is 9.21. The fraction of sp³-hybridized carbons (Fsp3) is 0.333. The average molecular weight is 387 g/mol. The van der Waals surface area contributed by atoms with Gasteiger partial charge < -0.3 is 19.7 Å². The van der Waals surface area contributed by atoms with Crippen molar-refractivity contribution in [3.8, 4) is 6.07 Å². The highest BCUT2D eigenvalue weighted by molar-refractivity contribution is 5.89. The number of carbonyl (C=O) groups excluding carboxylic acids is 1.